The van der Waals surface area contributed by atoms with Crippen LogP contribution in [0.5, 0.6) is 5.75 Å². The van der Waals surface area contributed by atoms with Gasteiger partial charge < -0.3 is 15.4 Å². The average molecular weight is 249 g/mol. The summed E-state index contributed by atoms with van der Waals surface area (Å²) < 4.78 is 5.04. The van der Waals surface area contributed by atoms with Crippen LogP contribution in [-0.4, -0.2) is 20.2 Å². The van der Waals surface area contributed by atoms with Crippen molar-refractivity contribution in [3.8, 4) is 5.75 Å². The van der Waals surface area contributed by atoms with Gasteiger partial charge in [0, 0.05) is 12.1 Å². The van der Waals surface area contributed by atoms with Crippen LogP contribution in [0, 0.1) is 0 Å². The maximum Gasteiger partial charge on any atom is 0.319 e. The number of halogens is 2. The van der Waals surface area contributed by atoms with E-state index in [0.29, 0.717) is 21.5 Å². The zero-order chi connectivity index (χ0) is 11.4. The summed E-state index contributed by atoms with van der Waals surface area (Å²) in [6, 6.07) is 2.73. The first-order valence-corrected chi connectivity index (χ1v) is 4.86. The number of anilines is 1. The molecule has 1 aromatic rings. The minimum Gasteiger partial charge on any atom is -0.493 e. The maximum atomic E-state index is 11.1. The van der Waals surface area contributed by atoms with Crippen molar-refractivity contribution in [1.82, 2.24) is 5.32 Å². The normalized spacial score (nSPS) is 9.60. The van der Waals surface area contributed by atoms with Gasteiger partial charge in [-0.3, -0.25) is 0 Å². The van der Waals surface area contributed by atoms with Crippen LogP contribution in [0.4, 0.5) is 10.5 Å². The van der Waals surface area contributed by atoms with Crippen LogP contribution in [0.2, 0.25) is 10.0 Å². The third-order valence-electron chi connectivity index (χ3n) is 1.69. The Morgan fingerprint density at radius 2 is 2.07 bits per heavy atom. The lowest BCUT2D eigenvalue weighted by atomic mass is 10.3. The van der Waals surface area contributed by atoms with Gasteiger partial charge in [-0.1, -0.05) is 23.2 Å². The summed E-state index contributed by atoms with van der Waals surface area (Å²) in [5, 5.41) is 5.73. The minimum absolute atomic E-state index is 0.344. The highest BCUT2D eigenvalue weighted by atomic mass is 35.5. The molecule has 1 rings (SSSR count). The molecule has 0 unspecified atom stereocenters. The molecule has 0 saturated carbocycles. The molecule has 0 aromatic heterocycles. The summed E-state index contributed by atoms with van der Waals surface area (Å²) in [5.74, 6) is 0.379. The van der Waals surface area contributed by atoms with Gasteiger partial charge in [0.1, 0.15) is 0 Å². The first-order chi connectivity index (χ1) is 7.08. The molecule has 1 aromatic carbocycles. The van der Waals surface area contributed by atoms with Crippen molar-refractivity contribution in [2.45, 2.75) is 0 Å². The van der Waals surface area contributed by atoms with Crippen LogP contribution in [0.15, 0.2) is 12.1 Å². The standard InChI is InChI=1S/C9H10Cl2N2O2/c1-12-9(14)13-7-4-5(10)3-6(11)8(7)15-2/h3-4H,1-2H3,(H2,12,13,14). The predicted molar refractivity (Wildman–Crippen MR) is 61.1 cm³/mol. The Bertz CT molecular complexity index is 383. The highest BCUT2D eigenvalue weighted by Gasteiger charge is 2.11. The highest BCUT2D eigenvalue weighted by molar-refractivity contribution is 6.36. The molecule has 2 N–H and O–H groups in total. The van der Waals surface area contributed by atoms with Gasteiger partial charge in [-0.25, -0.2) is 4.79 Å². The van der Waals surface area contributed by atoms with Crippen molar-refractivity contribution in [1.29, 1.82) is 0 Å². The van der Waals surface area contributed by atoms with Gasteiger partial charge in [0.2, 0.25) is 0 Å². The van der Waals surface area contributed by atoms with Crippen LogP contribution in [0.3, 0.4) is 0 Å². The largest absolute Gasteiger partial charge is 0.493 e. The van der Waals surface area contributed by atoms with E-state index >= 15 is 0 Å². The molecule has 0 atom stereocenters. The lowest BCUT2D eigenvalue weighted by Gasteiger charge is -2.11. The molecule has 0 radical (unpaired) electrons. The summed E-state index contributed by atoms with van der Waals surface area (Å²) in [5.41, 5.74) is 0.425. The molecule has 6 heteroatoms. The molecular formula is C9H10Cl2N2O2. The number of methoxy groups -OCH3 is 1. The molecule has 0 bridgehead atoms. The summed E-state index contributed by atoms with van der Waals surface area (Å²) in [6.45, 7) is 0. The van der Waals surface area contributed by atoms with Gasteiger partial charge in [0.05, 0.1) is 17.8 Å². The molecule has 0 spiro atoms. The van der Waals surface area contributed by atoms with Crippen molar-refractivity contribution >= 4 is 34.9 Å². The number of carbonyl (C=O) groups excluding carboxylic acids is 1. The number of hydrogen-bond donors (Lipinski definition) is 2. The number of amides is 2. The molecule has 2 amide bonds. The van der Waals surface area contributed by atoms with Crippen molar-refractivity contribution in [3.05, 3.63) is 22.2 Å². The molecule has 0 heterocycles. The van der Waals surface area contributed by atoms with Gasteiger partial charge >= 0.3 is 6.03 Å². The van der Waals surface area contributed by atoms with Crippen LogP contribution in [0.1, 0.15) is 0 Å². The smallest absolute Gasteiger partial charge is 0.319 e. The summed E-state index contributed by atoms with van der Waals surface area (Å²) in [4.78, 5) is 11.1. The monoisotopic (exact) mass is 248 g/mol. The Morgan fingerprint density at radius 3 is 2.60 bits per heavy atom. The molecule has 0 aliphatic carbocycles. The zero-order valence-corrected chi connectivity index (χ0v) is 9.74. The van der Waals surface area contributed by atoms with Crippen molar-refractivity contribution in [2.24, 2.45) is 0 Å². The minimum atomic E-state index is -0.369. The van der Waals surface area contributed by atoms with Crippen LogP contribution < -0.4 is 15.4 Å². The summed E-state index contributed by atoms with van der Waals surface area (Å²) in [6.07, 6.45) is 0. The Labute approximate surface area is 97.5 Å². The van der Waals surface area contributed by atoms with E-state index in [9.17, 15) is 4.79 Å². The Kier molecular flexibility index (Phi) is 4.05. The number of ether oxygens (including phenoxy) is 1. The van der Waals surface area contributed by atoms with E-state index in [1.807, 2.05) is 0 Å². The van der Waals surface area contributed by atoms with Crippen molar-refractivity contribution < 1.29 is 9.53 Å². The van der Waals surface area contributed by atoms with E-state index in [0.717, 1.165) is 0 Å². The van der Waals surface area contributed by atoms with E-state index in [4.69, 9.17) is 27.9 Å². The first-order valence-electron chi connectivity index (χ1n) is 4.10. The predicted octanol–water partition coefficient (Wildman–Crippen LogP) is 2.75. The fourth-order valence-corrected chi connectivity index (χ4v) is 1.62. The van der Waals surface area contributed by atoms with E-state index in [2.05, 4.69) is 10.6 Å². The van der Waals surface area contributed by atoms with Gasteiger partial charge in [0.25, 0.3) is 0 Å². The van der Waals surface area contributed by atoms with Gasteiger partial charge in [-0.15, -0.1) is 0 Å². The fourth-order valence-electron chi connectivity index (χ4n) is 1.05. The summed E-state index contributed by atoms with van der Waals surface area (Å²) in [7, 11) is 2.97. The van der Waals surface area contributed by atoms with E-state index < -0.39 is 0 Å². The second kappa shape index (κ2) is 5.09. The van der Waals surface area contributed by atoms with Gasteiger partial charge in [-0.05, 0) is 12.1 Å². The maximum absolute atomic E-state index is 11.1. The van der Waals surface area contributed by atoms with E-state index in [1.165, 1.54) is 20.2 Å². The number of carbonyl (C=O) groups is 1. The number of hydrogen-bond acceptors (Lipinski definition) is 2. The van der Waals surface area contributed by atoms with Crippen LogP contribution in [-0.2, 0) is 0 Å². The van der Waals surface area contributed by atoms with E-state index in [1.54, 1.807) is 6.07 Å². The Hall–Kier alpha value is -1.13. The fraction of sp³-hybridized carbons (Fsp3) is 0.222. The quantitative estimate of drug-likeness (QED) is 0.846. The molecule has 0 aliphatic heterocycles. The highest BCUT2D eigenvalue weighted by Crippen LogP contribution is 2.35. The van der Waals surface area contributed by atoms with Crippen LogP contribution >= 0.6 is 23.2 Å². The number of rotatable bonds is 2. The number of benzene rings is 1. The number of nitrogens with one attached hydrogen (secondary N) is 2. The first kappa shape index (κ1) is 11.9. The van der Waals surface area contributed by atoms with E-state index in [-0.39, 0.29) is 6.03 Å². The molecule has 82 valence electrons. The molecule has 4 nitrogen and oxygen atoms in total. The molecule has 0 aliphatic rings. The van der Waals surface area contributed by atoms with Crippen molar-refractivity contribution in [3.63, 3.8) is 0 Å². The van der Waals surface area contributed by atoms with Crippen molar-refractivity contribution in [2.75, 3.05) is 19.5 Å². The molecular weight excluding hydrogens is 239 g/mol. The average Bonchev–Trinajstić information content (AvgIpc) is 2.17. The molecule has 0 fully saturated rings. The van der Waals surface area contributed by atoms with Crippen LogP contribution in [0.25, 0.3) is 0 Å². The topological polar surface area (TPSA) is 50.4 Å². The Balaban J connectivity index is 3.09. The SMILES string of the molecule is CNC(=O)Nc1cc(Cl)cc(Cl)c1OC. The second-order valence-corrected chi connectivity index (χ2v) is 3.52. The Morgan fingerprint density at radius 1 is 1.40 bits per heavy atom. The lowest BCUT2D eigenvalue weighted by Crippen LogP contribution is -2.24. The third kappa shape index (κ3) is 2.91. The third-order valence-corrected chi connectivity index (χ3v) is 2.19. The lowest BCUT2D eigenvalue weighted by molar-refractivity contribution is 0.254. The second-order valence-electron chi connectivity index (χ2n) is 2.67. The summed E-state index contributed by atoms with van der Waals surface area (Å²) >= 11 is 11.7. The number of urea groups is 1. The zero-order valence-electron chi connectivity index (χ0n) is 8.23. The molecule has 0 saturated heterocycles. The van der Waals surface area contributed by atoms with Gasteiger partial charge in [0.15, 0.2) is 5.75 Å². The molecule has 15 heavy (non-hydrogen) atoms. The van der Waals surface area contributed by atoms with Gasteiger partial charge in [-0.2, -0.15) is 0 Å².